The van der Waals surface area contributed by atoms with Crippen LogP contribution in [0.5, 0.6) is 0 Å². The fourth-order valence-electron chi connectivity index (χ4n) is 3.68. The van der Waals surface area contributed by atoms with Crippen molar-refractivity contribution >= 4 is 39.1 Å². The van der Waals surface area contributed by atoms with Crippen LogP contribution in [0.2, 0.25) is 0 Å². The smallest absolute Gasteiger partial charge is 0.306 e. The third kappa shape index (κ3) is 3.61. The van der Waals surface area contributed by atoms with Gasteiger partial charge in [-0.05, 0) is 52.1 Å². The number of hydrogen-bond donors (Lipinski definition) is 0. The van der Waals surface area contributed by atoms with E-state index in [0.29, 0.717) is 6.42 Å². The van der Waals surface area contributed by atoms with Gasteiger partial charge in [0.15, 0.2) is 11.6 Å². The Balaban J connectivity index is 1.44. The Morgan fingerprint density at radius 3 is 2.30 bits per heavy atom. The van der Waals surface area contributed by atoms with Gasteiger partial charge in [-0.2, -0.15) is 0 Å². The van der Waals surface area contributed by atoms with E-state index in [1.165, 1.54) is 27.1 Å². The molecule has 3 aromatic carbocycles. The van der Waals surface area contributed by atoms with Gasteiger partial charge in [-0.25, -0.2) is 0 Å². The SMILES string of the molecule is O=C(CCCc1cccc2cc3ccccc3cc12)OC1C(=O)CCC1=O. The van der Waals surface area contributed by atoms with Crippen LogP contribution in [0.15, 0.2) is 54.6 Å². The Kier molecular flexibility index (Phi) is 4.71. The number of Topliss-reactive ketones (excluding diaryl/α,β-unsaturated/α-hetero) is 2. The second-order valence-corrected chi connectivity index (χ2v) is 6.99. The van der Waals surface area contributed by atoms with Crippen LogP contribution >= 0.6 is 0 Å². The molecule has 0 N–H and O–H groups in total. The predicted molar refractivity (Wildman–Crippen MR) is 104 cm³/mol. The molecule has 0 spiro atoms. The van der Waals surface area contributed by atoms with Crippen molar-refractivity contribution in [2.75, 3.05) is 0 Å². The van der Waals surface area contributed by atoms with Gasteiger partial charge in [0, 0.05) is 19.3 Å². The van der Waals surface area contributed by atoms with Gasteiger partial charge in [0.1, 0.15) is 0 Å². The first-order valence-corrected chi connectivity index (χ1v) is 9.27. The number of esters is 1. The largest absolute Gasteiger partial charge is 0.446 e. The summed E-state index contributed by atoms with van der Waals surface area (Å²) in [6.07, 6.45) is 0.737. The molecule has 0 amide bonds. The zero-order valence-corrected chi connectivity index (χ0v) is 14.9. The Hall–Kier alpha value is -3.01. The topological polar surface area (TPSA) is 60.4 Å². The minimum Gasteiger partial charge on any atom is -0.446 e. The average Bonchev–Trinajstić information content (AvgIpc) is 2.98. The Labute approximate surface area is 157 Å². The number of fused-ring (bicyclic) bond motifs is 2. The van der Waals surface area contributed by atoms with Crippen LogP contribution in [0.25, 0.3) is 21.5 Å². The quantitative estimate of drug-likeness (QED) is 0.389. The molecule has 1 aliphatic carbocycles. The van der Waals surface area contributed by atoms with E-state index in [-0.39, 0.29) is 30.8 Å². The molecule has 0 unspecified atom stereocenters. The monoisotopic (exact) mass is 360 g/mol. The Morgan fingerprint density at radius 2 is 1.56 bits per heavy atom. The number of aryl methyl sites for hydroxylation is 1. The molecule has 3 aromatic rings. The van der Waals surface area contributed by atoms with Crippen LogP contribution in [-0.2, 0) is 25.5 Å². The van der Waals surface area contributed by atoms with Crippen molar-refractivity contribution in [1.29, 1.82) is 0 Å². The molecule has 0 bridgehead atoms. The van der Waals surface area contributed by atoms with Gasteiger partial charge >= 0.3 is 5.97 Å². The number of hydrogen-bond acceptors (Lipinski definition) is 4. The maximum absolute atomic E-state index is 12.0. The lowest BCUT2D eigenvalue weighted by atomic mass is 9.97. The molecule has 27 heavy (non-hydrogen) atoms. The lowest BCUT2D eigenvalue weighted by molar-refractivity contribution is -0.157. The normalized spacial score (nSPS) is 15.0. The minimum atomic E-state index is -1.17. The maximum Gasteiger partial charge on any atom is 0.306 e. The molecule has 0 heterocycles. The van der Waals surface area contributed by atoms with E-state index >= 15 is 0 Å². The van der Waals surface area contributed by atoms with Crippen LogP contribution in [0.3, 0.4) is 0 Å². The summed E-state index contributed by atoms with van der Waals surface area (Å²) in [5, 5.41) is 4.76. The van der Waals surface area contributed by atoms with Crippen molar-refractivity contribution in [1.82, 2.24) is 0 Å². The van der Waals surface area contributed by atoms with E-state index in [1.807, 2.05) is 18.2 Å². The molecule has 1 saturated carbocycles. The second kappa shape index (κ2) is 7.31. The van der Waals surface area contributed by atoms with Crippen molar-refractivity contribution in [3.63, 3.8) is 0 Å². The summed E-state index contributed by atoms with van der Waals surface area (Å²) in [5.74, 6) is -1.04. The molecule has 0 aromatic heterocycles. The highest BCUT2D eigenvalue weighted by atomic mass is 16.5. The first-order valence-electron chi connectivity index (χ1n) is 9.27. The summed E-state index contributed by atoms with van der Waals surface area (Å²) in [6.45, 7) is 0. The van der Waals surface area contributed by atoms with Crippen LogP contribution in [0.4, 0.5) is 0 Å². The Bertz CT molecular complexity index is 1030. The number of carbonyl (C=O) groups is 3. The van der Waals surface area contributed by atoms with Crippen molar-refractivity contribution in [3.05, 3.63) is 60.2 Å². The number of rotatable bonds is 5. The molecule has 4 heteroatoms. The van der Waals surface area contributed by atoms with Crippen molar-refractivity contribution in [2.45, 2.75) is 38.2 Å². The summed E-state index contributed by atoms with van der Waals surface area (Å²) < 4.78 is 5.08. The maximum atomic E-state index is 12.0. The zero-order valence-electron chi connectivity index (χ0n) is 14.9. The summed E-state index contributed by atoms with van der Waals surface area (Å²) >= 11 is 0. The fraction of sp³-hybridized carbons (Fsp3) is 0.261. The van der Waals surface area contributed by atoms with Crippen LogP contribution in [0, 0.1) is 0 Å². The van der Waals surface area contributed by atoms with Gasteiger partial charge in [0.2, 0.25) is 6.10 Å². The molecule has 4 rings (SSSR count). The van der Waals surface area contributed by atoms with Gasteiger partial charge in [0.25, 0.3) is 0 Å². The molecule has 0 aliphatic heterocycles. The van der Waals surface area contributed by atoms with Gasteiger partial charge in [-0.15, -0.1) is 0 Å². The standard InChI is InChI=1S/C23H20O4/c24-20-11-12-21(25)23(20)27-22(26)10-4-8-15-7-3-9-18-13-16-5-1-2-6-17(16)14-19(15)18/h1-3,5-7,9,13-14,23H,4,8,10-12H2. The third-order valence-electron chi connectivity index (χ3n) is 5.12. The molecule has 1 fully saturated rings. The van der Waals surface area contributed by atoms with Crippen molar-refractivity contribution in [2.24, 2.45) is 0 Å². The third-order valence-corrected chi connectivity index (χ3v) is 5.12. The van der Waals surface area contributed by atoms with E-state index in [9.17, 15) is 14.4 Å². The second-order valence-electron chi connectivity index (χ2n) is 6.99. The lowest BCUT2D eigenvalue weighted by Gasteiger charge is -2.10. The van der Waals surface area contributed by atoms with E-state index < -0.39 is 12.1 Å². The summed E-state index contributed by atoms with van der Waals surface area (Å²) in [7, 11) is 0. The highest BCUT2D eigenvalue weighted by molar-refractivity contribution is 6.12. The van der Waals surface area contributed by atoms with Crippen LogP contribution < -0.4 is 0 Å². The van der Waals surface area contributed by atoms with Gasteiger partial charge in [0.05, 0.1) is 0 Å². The van der Waals surface area contributed by atoms with Gasteiger partial charge in [-0.1, -0.05) is 42.5 Å². The summed E-state index contributed by atoms with van der Waals surface area (Å²) in [5.41, 5.74) is 1.18. The highest BCUT2D eigenvalue weighted by Crippen LogP contribution is 2.26. The first kappa shape index (κ1) is 17.4. The lowest BCUT2D eigenvalue weighted by Crippen LogP contribution is -2.28. The minimum absolute atomic E-state index is 0.181. The zero-order chi connectivity index (χ0) is 18.8. The number of carbonyl (C=O) groups excluding carboxylic acids is 3. The van der Waals surface area contributed by atoms with Gasteiger partial charge in [-0.3, -0.25) is 14.4 Å². The average molecular weight is 360 g/mol. The number of ketones is 2. The molecule has 0 atom stereocenters. The van der Waals surface area contributed by atoms with E-state index in [0.717, 1.165) is 6.42 Å². The molecular weight excluding hydrogens is 340 g/mol. The van der Waals surface area contributed by atoms with Gasteiger partial charge < -0.3 is 4.74 Å². The number of ether oxygens (including phenoxy) is 1. The molecule has 0 radical (unpaired) electrons. The summed E-state index contributed by atoms with van der Waals surface area (Å²) in [4.78, 5) is 35.1. The summed E-state index contributed by atoms with van der Waals surface area (Å²) in [6, 6.07) is 18.8. The molecule has 136 valence electrons. The van der Waals surface area contributed by atoms with Crippen molar-refractivity contribution in [3.8, 4) is 0 Å². The fourth-order valence-corrected chi connectivity index (χ4v) is 3.68. The molecule has 4 nitrogen and oxygen atoms in total. The Morgan fingerprint density at radius 1 is 0.889 bits per heavy atom. The number of benzene rings is 3. The molecule has 1 aliphatic rings. The van der Waals surface area contributed by atoms with E-state index in [4.69, 9.17) is 4.74 Å². The molecule has 0 saturated heterocycles. The molecular formula is C23H20O4. The van der Waals surface area contributed by atoms with Crippen LogP contribution in [-0.4, -0.2) is 23.6 Å². The highest BCUT2D eigenvalue weighted by Gasteiger charge is 2.35. The predicted octanol–water partition coefficient (Wildman–Crippen LogP) is 4.16. The first-order chi connectivity index (χ1) is 13.1. The van der Waals surface area contributed by atoms with Crippen LogP contribution in [0.1, 0.15) is 31.2 Å². The van der Waals surface area contributed by atoms with Crippen molar-refractivity contribution < 1.29 is 19.1 Å². The van der Waals surface area contributed by atoms with E-state index in [1.54, 1.807) is 0 Å². The van der Waals surface area contributed by atoms with E-state index in [2.05, 4.69) is 36.4 Å².